The molecule has 1 atom stereocenters. The van der Waals surface area contributed by atoms with Crippen molar-refractivity contribution in [3.63, 3.8) is 0 Å². The molecule has 0 aromatic heterocycles. The molecule has 21 heavy (non-hydrogen) atoms. The smallest absolute Gasteiger partial charge is 0.255 e. The van der Waals surface area contributed by atoms with Crippen LogP contribution in [0.4, 0.5) is 0 Å². The molecule has 3 N–H and O–H groups in total. The molecule has 1 aromatic rings. The first-order chi connectivity index (χ1) is 10.3. The normalized spacial score (nSPS) is 22.0. The van der Waals surface area contributed by atoms with Crippen molar-refractivity contribution in [3.8, 4) is 0 Å². The van der Waals surface area contributed by atoms with Gasteiger partial charge in [-0.25, -0.2) is 5.84 Å². The lowest BCUT2D eigenvalue weighted by Crippen LogP contribution is -2.52. The van der Waals surface area contributed by atoms with E-state index < -0.39 is 0 Å². The lowest BCUT2D eigenvalue weighted by molar-refractivity contribution is -0.127. The SMILES string of the molecule is NNC(=O)C(c1ccccc1)N1CCN(CC2CC2)CC1. The van der Waals surface area contributed by atoms with Crippen molar-refractivity contribution in [2.45, 2.75) is 18.9 Å². The molecular formula is C16H24N4O. The molecule has 1 amide bonds. The number of nitrogens with one attached hydrogen (secondary N) is 1. The van der Waals surface area contributed by atoms with Gasteiger partial charge in [0.15, 0.2) is 0 Å². The van der Waals surface area contributed by atoms with Gasteiger partial charge in [0.2, 0.25) is 0 Å². The predicted octanol–water partition coefficient (Wildman–Crippen LogP) is 0.745. The summed E-state index contributed by atoms with van der Waals surface area (Å²) in [6.45, 7) is 5.14. The quantitative estimate of drug-likeness (QED) is 0.477. The Morgan fingerprint density at radius 1 is 1.19 bits per heavy atom. The molecular weight excluding hydrogens is 264 g/mol. The van der Waals surface area contributed by atoms with E-state index in [2.05, 4.69) is 15.2 Å². The second kappa shape index (κ2) is 6.56. The maximum absolute atomic E-state index is 12.2. The molecule has 0 bridgehead atoms. The van der Waals surface area contributed by atoms with Crippen LogP contribution in [0, 0.1) is 5.92 Å². The molecule has 5 heteroatoms. The van der Waals surface area contributed by atoms with Crippen molar-refractivity contribution in [2.24, 2.45) is 11.8 Å². The second-order valence-corrected chi connectivity index (χ2v) is 6.10. The van der Waals surface area contributed by atoms with Crippen LogP contribution in [0.5, 0.6) is 0 Å². The van der Waals surface area contributed by atoms with Crippen LogP contribution in [-0.4, -0.2) is 48.4 Å². The summed E-state index contributed by atoms with van der Waals surface area (Å²) in [6.07, 6.45) is 2.78. The number of hydrogen-bond donors (Lipinski definition) is 2. The molecule has 3 rings (SSSR count). The molecule has 1 aliphatic carbocycles. The summed E-state index contributed by atoms with van der Waals surface area (Å²) in [5.74, 6) is 6.18. The first-order valence-electron chi connectivity index (χ1n) is 7.79. The monoisotopic (exact) mass is 288 g/mol. The first-order valence-corrected chi connectivity index (χ1v) is 7.79. The molecule has 1 saturated carbocycles. The molecule has 114 valence electrons. The zero-order valence-corrected chi connectivity index (χ0v) is 12.4. The Morgan fingerprint density at radius 2 is 1.86 bits per heavy atom. The Morgan fingerprint density at radius 3 is 2.43 bits per heavy atom. The van der Waals surface area contributed by atoms with Gasteiger partial charge in [0.05, 0.1) is 0 Å². The third kappa shape index (κ3) is 3.61. The highest BCUT2D eigenvalue weighted by molar-refractivity contribution is 5.82. The molecule has 1 aliphatic heterocycles. The Bertz CT molecular complexity index is 466. The van der Waals surface area contributed by atoms with E-state index in [0.29, 0.717) is 0 Å². The number of carbonyl (C=O) groups excluding carboxylic acids is 1. The number of hydrogen-bond acceptors (Lipinski definition) is 4. The summed E-state index contributed by atoms with van der Waals surface area (Å²) in [4.78, 5) is 17.0. The minimum Gasteiger partial charge on any atom is -0.301 e. The third-order valence-electron chi connectivity index (χ3n) is 4.49. The highest BCUT2D eigenvalue weighted by Gasteiger charge is 2.31. The van der Waals surface area contributed by atoms with Crippen LogP contribution in [0.25, 0.3) is 0 Å². The standard InChI is InChI=1S/C16H24N4O/c17-18-16(21)15(14-4-2-1-3-5-14)20-10-8-19(9-11-20)12-13-6-7-13/h1-5,13,15H,6-12,17H2,(H,18,21). The predicted molar refractivity (Wildman–Crippen MR) is 82.3 cm³/mol. The molecule has 1 unspecified atom stereocenters. The first kappa shape index (κ1) is 14.5. The molecule has 1 saturated heterocycles. The highest BCUT2D eigenvalue weighted by atomic mass is 16.2. The number of hydrazine groups is 1. The number of benzene rings is 1. The minimum absolute atomic E-state index is 0.128. The van der Waals surface area contributed by atoms with E-state index in [0.717, 1.165) is 37.7 Å². The fourth-order valence-electron chi connectivity index (χ4n) is 3.11. The van der Waals surface area contributed by atoms with Crippen LogP contribution >= 0.6 is 0 Å². The van der Waals surface area contributed by atoms with Crippen molar-refractivity contribution < 1.29 is 4.79 Å². The van der Waals surface area contributed by atoms with Crippen LogP contribution in [0.3, 0.4) is 0 Å². The highest BCUT2D eigenvalue weighted by Crippen LogP contribution is 2.30. The van der Waals surface area contributed by atoms with Crippen LogP contribution in [-0.2, 0) is 4.79 Å². The largest absolute Gasteiger partial charge is 0.301 e. The van der Waals surface area contributed by atoms with Gasteiger partial charge < -0.3 is 4.90 Å². The van der Waals surface area contributed by atoms with Crippen LogP contribution in [0.1, 0.15) is 24.4 Å². The number of nitrogens with zero attached hydrogens (tertiary/aromatic N) is 2. The maximum Gasteiger partial charge on any atom is 0.255 e. The average molecular weight is 288 g/mol. The van der Waals surface area contributed by atoms with Crippen molar-refractivity contribution in [1.29, 1.82) is 0 Å². The Labute approximate surface area is 126 Å². The van der Waals surface area contributed by atoms with Gasteiger partial charge in [-0.15, -0.1) is 0 Å². The fraction of sp³-hybridized carbons (Fsp3) is 0.562. The van der Waals surface area contributed by atoms with Gasteiger partial charge in [-0.2, -0.15) is 0 Å². The fourth-order valence-corrected chi connectivity index (χ4v) is 3.11. The number of piperazine rings is 1. The molecule has 0 radical (unpaired) electrons. The van der Waals surface area contributed by atoms with E-state index in [4.69, 9.17) is 5.84 Å². The maximum atomic E-state index is 12.2. The van der Waals surface area contributed by atoms with Gasteiger partial charge >= 0.3 is 0 Å². The number of nitrogens with two attached hydrogens (primary N) is 1. The Balaban J connectivity index is 1.65. The summed E-state index contributed by atoms with van der Waals surface area (Å²) >= 11 is 0. The van der Waals surface area contributed by atoms with E-state index in [1.54, 1.807) is 0 Å². The second-order valence-electron chi connectivity index (χ2n) is 6.10. The van der Waals surface area contributed by atoms with Gasteiger partial charge in [-0.1, -0.05) is 30.3 Å². The van der Waals surface area contributed by atoms with Gasteiger partial charge in [-0.05, 0) is 24.3 Å². The Kier molecular flexibility index (Phi) is 4.53. The summed E-state index contributed by atoms with van der Waals surface area (Å²) in [5, 5.41) is 0. The molecule has 2 fully saturated rings. The minimum atomic E-state index is -0.278. The summed E-state index contributed by atoms with van der Waals surface area (Å²) < 4.78 is 0. The molecule has 1 heterocycles. The van der Waals surface area contributed by atoms with E-state index in [1.165, 1.54) is 19.4 Å². The topological polar surface area (TPSA) is 61.6 Å². The van der Waals surface area contributed by atoms with Crippen LogP contribution in [0.2, 0.25) is 0 Å². The summed E-state index contributed by atoms with van der Waals surface area (Å²) in [5.41, 5.74) is 3.33. The van der Waals surface area contributed by atoms with Crippen LogP contribution in [0.15, 0.2) is 30.3 Å². The van der Waals surface area contributed by atoms with Crippen molar-refractivity contribution in [3.05, 3.63) is 35.9 Å². The van der Waals surface area contributed by atoms with E-state index >= 15 is 0 Å². The lowest BCUT2D eigenvalue weighted by atomic mass is 10.0. The number of amides is 1. The molecule has 0 spiro atoms. The van der Waals surface area contributed by atoms with E-state index in [-0.39, 0.29) is 11.9 Å². The number of carbonyl (C=O) groups is 1. The van der Waals surface area contributed by atoms with E-state index in [1.807, 2.05) is 30.3 Å². The van der Waals surface area contributed by atoms with Crippen molar-refractivity contribution >= 4 is 5.91 Å². The summed E-state index contributed by atoms with van der Waals surface area (Å²) in [6, 6.07) is 9.62. The molecule has 2 aliphatic rings. The number of rotatable bonds is 5. The van der Waals surface area contributed by atoms with Crippen molar-refractivity contribution in [1.82, 2.24) is 15.2 Å². The van der Waals surface area contributed by atoms with Gasteiger partial charge in [0.25, 0.3) is 5.91 Å². The third-order valence-corrected chi connectivity index (χ3v) is 4.49. The van der Waals surface area contributed by atoms with Gasteiger partial charge in [0, 0.05) is 32.7 Å². The zero-order valence-electron chi connectivity index (χ0n) is 12.4. The van der Waals surface area contributed by atoms with E-state index in [9.17, 15) is 4.79 Å². The Hall–Kier alpha value is -1.43. The molecule has 1 aromatic carbocycles. The van der Waals surface area contributed by atoms with Gasteiger partial charge in [-0.3, -0.25) is 15.1 Å². The van der Waals surface area contributed by atoms with Gasteiger partial charge in [0.1, 0.15) is 6.04 Å². The van der Waals surface area contributed by atoms with Crippen LogP contribution < -0.4 is 11.3 Å². The summed E-state index contributed by atoms with van der Waals surface area (Å²) in [7, 11) is 0. The average Bonchev–Trinajstić information content (AvgIpc) is 3.34. The molecule has 5 nitrogen and oxygen atoms in total. The van der Waals surface area contributed by atoms with Crippen molar-refractivity contribution in [2.75, 3.05) is 32.7 Å². The lowest BCUT2D eigenvalue weighted by Gasteiger charge is -2.38. The zero-order chi connectivity index (χ0) is 14.7.